The van der Waals surface area contributed by atoms with Crippen LogP contribution in [0.15, 0.2) is 10.5 Å². The summed E-state index contributed by atoms with van der Waals surface area (Å²) in [6.07, 6.45) is 0.792. The van der Waals surface area contributed by atoms with Gasteiger partial charge in [0.1, 0.15) is 5.75 Å². The second-order valence-corrected chi connectivity index (χ2v) is 4.02. The third-order valence-corrected chi connectivity index (χ3v) is 2.91. The van der Waals surface area contributed by atoms with Crippen LogP contribution in [0, 0.1) is 13.8 Å². The fourth-order valence-electron chi connectivity index (χ4n) is 1.41. The van der Waals surface area contributed by atoms with E-state index >= 15 is 0 Å². The summed E-state index contributed by atoms with van der Waals surface area (Å²) in [6, 6.07) is 1.92. The molecule has 0 aliphatic carbocycles. The zero-order chi connectivity index (χ0) is 10.0. The summed E-state index contributed by atoms with van der Waals surface area (Å²) in [6.45, 7) is 4.40. The van der Waals surface area contributed by atoms with Gasteiger partial charge in [0, 0.05) is 4.47 Å². The van der Waals surface area contributed by atoms with Gasteiger partial charge in [-0.3, -0.25) is 0 Å². The lowest BCUT2D eigenvalue weighted by atomic mass is 10.0. The van der Waals surface area contributed by atoms with Crippen molar-refractivity contribution in [2.45, 2.75) is 20.3 Å². The Balaban J connectivity index is 3.26. The summed E-state index contributed by atoms with van der Waals surface area (Å²) >= 11 is 3.47. The van der Waals surface area contributed by atoms with E-state index in [2.05, 4.69) is 15.9 Å². The van der Waals surface area contributed by atoms with Gasteiger partial charge in [-0.15, -0.1) is 0 Å². The van der Waals surface area contributed by atoms with Gasteiger partial charge >= 0.3 is 0 Å². The maximum absolute atomic E-state index is 9.68. The summed E-state index contributed by atoms with van der Waals surface area (Å²) in [4.78, 5) is 0. The van der Waals surface area contributed by atoms with Crippen LogP contribution < -0.4 is 5.73 Å². The molecule has 0 saturated heterocycles. The largest absolute Gasteiger partial charge is 0.507 e. The van der Waals surface area contributed by atoms with Crippen LogP contribution in [0.5, 0.6) is 5.75 Å². The molecule has 0 heterocycles. The molecular formula is C10H14BrNO. The van der Waals surface area contributed by atoms with Crippen LogP contribution in [0.2, 0.25) is 0 Å². The number of benzene rings is 1. The van der Waals surface area contributed by atoms with Crippen LogP contribution in [-0.2, 0) is 6.42 Å². The Morgan fingerprint density at radius 2 is 2.08 bits per heavy atom. The number of rotatable bonds is 2. The molecule has 0 spiro atoms. The van der Waals surface area contributed by atoms with Crippen molar-refractivity contribution >= 4 is 15.9 Å². The lowest BCUT2D eigenvalue weighted by Crippen LogP contribution is -2.05. The molecule has 13 heavy (non-hydrogen) atoms. The number of phenolic OH excluding ortho intramolecular Hbond substituents is 1. The van der Waals surface area contributed by atoms with Crippen molar-refractivity contribution in [3.05, 3.63) is 27.2 Å². The zero-order valence-electron chi connectivity index (χ0n) is 7.89. The van der Waals surface area contributed by atoms with E-state index in [0.717, 1.165) is 27.6 Å². The van der Waals surface area contributed by atoms with Gasteiger partial charge < -0.3 is 10.8 Å². The molecule has 1 rings (SSSR count). The maximum atomic E-state index is 9.68. The predicted octanol–water partition coefficient (Wildman–Crippen LogP) is 2.27. The Kier molecular flexibility index (Phi) is 3.33. The maximum Gasteiger partial charge on any atom is 0.121 e. The number of hydrogen-bond donors (Lipinski definition) is 2. The summed E-state index contributed by atoms with van der Waals surface area (Å²) in [5.74, 6) is 0.381. The zero-order valence-corrected chi connectivity index (χ0v) is 9.48. The van der Waals surface area contributed by atoms with Gasteiger partial charge in [-0.2, -0.15) is 0 Å². The van der Waals surface area contributed by atoms with Crippen molar-refractivity contribution in [2.75, 3.05) is 6.54 Å². The monoisotopic (exact) mass is 243 g/mol. The Hall–Kier alpha value is -0.540. The van der Waals surface area contributed by atoms with Crippen molar-refractivity contribution in [3.63, 3.8) is 0 Å². The van der Waals surface area contributed by atoms with Crippen molar-refractivity contribution < 1.29 is 5.11 Å². The minimum absolute atomic E-state index is 0.381. The van der Waals surface area contributed by atoms with Gasteiger partial charge in [0.05, 0.1) is 0 Å². The minimum Gasteiger partial charge on any atom is -0.507 e. The molecule has 0 amide bonds. The van der Waals surface area contributed by atoms with Crippen LogP contribution in [0.25, 0.3) is 0 Å². The van der Waals surface area contributed by atoms with Crippen molar-refractivity contribution in [2.24, 2.45) is 5.73 Å². The molecule has 0 saturated carbocycles. The van der Waals surface area contributed by atoms with Gasteiger partial charge in [0.25, 0.3) is 0 Å². The van der Waals surface area contributed by atoms with E-state index in [1.54, 1.807) is 0 Å². The standard InChI is InChI=1S/C10H14BrNO/c1-6-5-9(11)8(3-4-12)7(2)10(6)13/h5,13H,3-4,12H2,1-2H3. The topological polar surface area (TPSA) is 46.2 Å². The molecule has 0 atom stereocenters. The highest BCUT2D eigenvalue weighted by molar-refractivity contribution is 9.10. The van der Waals surface area contributed by atoms with E-state index in [1.807, 2.05) is 19.9 Å². The molecule has 0 aliphatic heterocycles. The molecule has 2 nitrogen and oxygen atoms in total. The second-order valence-electron chi connectivity index (χ2n) is 3.17. The van der Waals surface area contributed by atoms with E-state index in [9.17, 15) is 5.11 Å². The molecule has 0 aliphatic rings. The molecule has 1 aromatic rings. The van der Waals surface area contributed by atoms with E-state index in [0.29, 0.717) is 12.3 Å². The third-order valence-electron chi connectivity index (χ3n) is 2.21. The second kappa shape index (κ2) is 4.11. The first-order valence-corrected chi connectivity index (χ1v) is 5.04. The molecule has 0 aromatic heterocycles. The lowest BCUT2D eigenvalue weighted by molar-refractivity contribution is 0.465. The molecule has 0 fully saturated rings. The van der Waals surface area contributed by atoms with Crippen molar-refractivity contribution in [1.29, 1.82) is 0 Å². The van der Waals surface area contributed by atoms with Crippen molar-refractivity contribution in [1.82, 2.24) is 0 Å². The van der Waals surface area contributed by atoms with Crippen LogP contribution in [0.4, 0.5) is 0 Å². The van der Waals surface area contributed by atoms with Crippen molar-refractivity contribution in [3.8, 4) is 5.75 Å². The molecule has 0 bridgehead atoms. The summed E-state index contributed by atoms with van der Waals surface area (Å²) in [7, 11) is 0. The Morgan fingerprint density at radius 3 is 2.62 bits per heavy atom. The van der Waals surface area contributed by atoms with E-state index in [-0.39, 0.29) is 0 Å². The molecule has 0 radical (unpaired) electrons. The summed E-state index contributed by atoms with van der Waals surface area (Å²) in [5.41, 5.74) is 8.41. The Labute approximate surface area is 86.9 Å². The Morgan fingerprint density at radius 1 is 1.46 bits per heavy atom. The highest BCUT2D eigenvalue weighted by Crippen LogP contribution is 2.31. The fourth-order valence-corrected chi connectivity index (χ4v) is 2.25. The summed E-state index contributed by atoms with van der Waals surface area (Å²) < 4.78 is 1.03. The number of nitrogens with two attached hydrogens (primary N) is 1. The SMILES string of the molecule is Cc1cc(Br)c(CCN)c(C)c1O. The lowest BCUT2D eigenvalue weighted by Gasteiger charge is -2.11. The van der Waals surface area contributed by atoms with Gasteiger partial charge in [-0.25, -0.2) is 0 Å². The van der Waals surface area contributed by atoms with E-state index in [4.69, 9.17) is 5.73 Å². The normalized spacial score (nSPS) is 10.5. The van der Waals surface area contributed by atoms with Crippen LogP contribution in [0.3, 0.4) is 0 Å². The highest BCUT2D eigenvalue weighted by Gasteiger charge is 2.09. The minimum atomic E-state index is 0.381. The van der Waals surface area contributed by atoms with Gasteiger partial charge in [0.15, 0.2) is 0 Å². The van der Waals surface area contributed by atoms with Gasteiger partial charge in [0.2, 0.25) is 0 Å². The Bertz CT molecular complexity index is 323. The quantitative estimate of drug-likeness (QED) is 0.838. The average molecular weight is 244 g/mol. The molecule has 3 N–H and O–H groups in total. The number of halogens is 1. The van der Waals surface area contributed by atoms with Crippen LogP contribution in [0.1, 0.15) is 16.7 Å². The number of hydrogen-bond acceptors (Lipinski definition) is 2. The molecule has 1 aromatic carbocycles. The first kappa shape index (κ1) is 10.5. The van der Waals surface area contributed by atoms with Crippen LogP contribution >= 0.6 is 15.9 Å². The molecule has 72 valence electrons. The first-order chi connectivity index (χ1) is 6.07. The van der Waals surface area contributed by atoms with E-state index < -0.39 is 0 Å². The van der Waals surface area contributed by atoms with Crippen LogP contribution in [-0.4, -0.2) is 11.7 Å². The predicted molar refractivity (Wildman–Crippen MR) is 58.0 cm³/mol. The molecule has 0 unspecified atom stereocenters. The third kappa shape index (κ3) is 2.03. The smallest absolute Gasteiger partial charge is 0.121 e. The number of aryl methyl sites for hydroxylation is 1. The number of phenols is 1. The highest BCUT2D eigenvalue weighted by atomic mass is 79.9. The first-order valence-electron chi connectivity index (χ1n) is 4.25. The fraction of sp³-hybridized carbons (Fsp3) is 0.400. The average Bonchev–Trinajstić information content (AvgIpc) is 2.09. The molecule has 3 heteroatoms. The van der Waals surface area contributed by atoms with E-state index in [1.165, 1.54) is 0 Å². The summed E-state index contributed by atoms with van der Waals surface area (Å²) in [5, 5.41) is 9.68. The van der Waals surface area contributed by atoms with Gasteiger partial charge in [-0.1, -0.05) is 15.9 Å². The van der Waals surface area contributed by atoms with Gasteiger partial charge in [-0.05, 0) is 49.6 Å². The number of aromatic hydroxyl groups is 1. The molecular weight excluding hydrogens is 230 g/mol.